The molecule has 4 rings (SSSR count). The van der Waals surface area contributed by atoms with Gasteiger partial charge in [0.15, 0.2) is 0 Å². The number of anilines is 1. The molecule has 228 valence electrons. The summed E-state index contributed by atoms with van der Waals surface area (Å²) in [5.74, 6) is 0.363. The minimum absolute atomic E-state index is 0.268. The topological polar surface area (TPSA) is 93.1 Å². The van der Waals surface area contributed by atoms with Crippen molar-refractivity contribution in [3.8, 4) is 22.7 Å². The highest BCUT2D eigenvalue weighted by molar-refractivity contribution is 9.10. The van der Waals surface area contributed by atoms with Gasteiger partial charge in [-0.1, -0.05) is 59.3 Å². The number of para-hydroxylation sites is 1. The van der Waals surface area contributed by atoms with Crippen molar-refractivity contribution in [2.75, 3.05) is 64.8 Å². The number of benzene rings is 3. The molecule has 0 unspecified atom stereocenters. The van der Waals surface area contributed by atoms with Crippen LogP contribution in [-0.2, 0) is 18.9 Å². The van der Waals surface area contributed by atoms with Gasteiger partial charge in [0.2, 0.25) is 0 Å². The fourth-order valence-electron chi connectivity index (χ4n) is 4.06. The maximum Gasteiger partial charge on any atom is 0.259 e. The average Bonchev–Trinajstić information content (AvgIpc) is 3.48. The van der Waals surface area contributed by atoms with Gasteiger partial charge >= 0.3 is 0 Å². The lowest BCUT2D eigenvalue weighted by atomic mass is 10.1. The Kier molecular flexibility index (Phi) is 13.7. The lowest BCUT2D eigenvalue weighted by Crippen LogP contribution is -2.14. The smallest absolute Gasteiger partial charge is 0.259 e. The van der Waals surface area contributed by atoms with Crippen molar-refractivity contribution in [3.05, 3.63) is 95.1 Å². The Hall–Kier alpha value is -3.54. The molecule has 0 fully saturated rings. The zero-order valence-corrected chi connectivity index (χ0v) is 26.0. The maximum atomic E-state index is 13.5. The third kappa shape index (κ3) is 10.9. The van der Waals surface area contributed by atoms with Crippen LogP contribution in [0.1, 0.15) is 23.7 Å². The Morgan fingerprint density at radius 2 is 1.40 bits per heavy atom. The number of nitrogens with zero attached hydrogens (tertiary/aromatic N) is 2. The Bertz CT molecular complexity index is 1380. The van der Waals surface area contributed by atoms with Gasteiger partial charge in [-0.3, -0.25) is 4.79 Å². The zero-order valence-electron chi connectivity index (χ0n) is 24.4. The normalized spacial score (nSPS) is 11.0. The minimum Gasteiger partial charge on any atom is -0.491 e. The van der Waals surface area contributed by atoms with Gasteiger partial charge in [0, 0.05) is 34.6 Å². The Morgan fingerprint density at radius 1 is 0.767 bits per heavy atom. The number of rotatable bonds is 19. The minimum atomic E-state index is -0.268. The fraction of sp³-hybridized carbons (Fsp3) is 0.333. The molecule has 9 nitrogen and oxygen atoms in total. The first kappa shape index (κ1) is 32.4. The van der Waals surface area contributed by atoms with Crippen molar-refractivity contribution < 1.29 is 28.5 Å². The summed E-state index contributed by atoms with van der Waals surface area (Å²) >= 11 is 3.47. The van der Waals surface area contributed by atoms with Crippen LogP contribution in [-0.4, -0.2) is 75.1 Å². The molecule has 0 radical (unpaired) electrons. The molecule has 1 heterocycles. The van der Waals surface area contributed by atoms with Crippen LogP contribution in [0.5, 0.6) is 5.75 Å². The van der Waals surface area contributed by atoms with E-state index in [0.717, 1.165) is 28.8 Å². The van der Waals surface area contributed by atoms with Crippen LogP contribution in [0.4, 0.5) is 5.69 Å². The van der Waals surface area contributed by atoms with Gasteiger partial charge in [-0.2, -0.15) is 5.10 Å². The number of aromatic nitrogens is 2. The quantitative estimate of drug-likeness (QED) is 0.117. The van der Waals surface area contributed by atoms with Crippen molar-refractivity contribution in [1.82, 2.24) is 9.78 Å². The number of carbonyl (C=O) groups excluding carboxylic acids is 1. The first-order valence-electron chi connectivity index (χ1n) is 14.4. The summed E-state index contributed by atoms with van der Waals surface area (Å²) in [7, 11) is 0. The average molecular weight is 653 g/mol. The Balaban J connectivity index is 1.23. The molecular formula is C33H38BrN3O6. The molecule has 1 amide bonds. The number of hydrogen-bond acceptors (Lipinski definition) is 7. The molecule has 0 aliphatic heterocycles. The summed E-state index contributed by atoms with van der Waals surface area (Å²) in [5, 5.41) is 7.74. The SMILES string of the molecule is CCCOCCOCCOCCOCCOc1cccc(NC(=O)c2cn(-c3ccccc3)nc2-c2ccc(Br)cc2)c1. The van der Waals surface area contributed by atoms with E-state index < -0.39 is 0 Å². The molecule has 4 aromatic rings. The first-order valence-corrected chi connectivity index (χ1v) is 15.2. The van der Waals surface area contributed by atoms with Crippen LogP contribution >= 0.6 is 15.9 Å². The van der Waals surface area contributed by atoms with Gasteiger partial charge in [-0.05, 0) is 42.8 Å². The van der Waals surface area contributed by atoms with E-state index in [2.05, 4.69) is 28.2 Å². The summed E-state index contributed by atoms with van der Waals surface area (Å²) in [6.45, 7) is 6.83. The molecule has 0 saturated carbocycles. The highest BCUT2D eigenvalue weighted by Crippen LogP contribution is 2.27. The molecule has 10 heteroatoms. The van der Waals surface area contributed by atoms with Crippen molar-refractivity contribution in [3.63, 3.8) is 0 Å². The number of ether oxygens (including phenoxy) is 5. The molecule has 1 aromatic heterocycles. The number of nitrogens with one attached hydrogen (secondary N) is 1. The third-order valence-electron chi connectivity index (χ3n) is 6.15. The molecular weight excluding hydrogens is 614 g/mol. The summed E-state index contributed by atoms with van der Waals surface area (Å²) in [6.07, 6.45) is 2.76. The fourth-order valence-corrected chi connectivity index (χ4v) is 4.33. The summed E-state index contributed by atoms with van der Waals surface area (Å²) in [4.78, 5) is 13.5. The highest BCUT2D eigenvalue weighted by atomic mass is 79.9. The zero-order chi connectivity index (χ0) is 30.1. The van der Waals surface area contributed by atoms with Crippen molar-refractivity contribution in [1.29, 1.82) is 0 Å². The van der Waals surface area contributed by atoms with Gasteiger partial charge in [0.1, 0.15) is 18.1 Å². The second kappa shape index (κ2) is 18.2. The van der Waals surface area contributed by atoms with Crippen LogP contribution in [0.25, 0.3) is 16.9 Å². The largest absolute Gasteiger partial charge is 0.491 e. The Labute approximate surface area is 261 Å². The molecule has 3 aromatic carbocycles. The lowest BCUT2D eigenvalue weighted by Gasteiger charge is -2.10. The Morgan fingerprint density at radius 3 is 2.05 bits per heavy atom. The molecule has 0 saturated heterocycles. The number of amides is 1. The summed E-state index contributed by atoms with van der Waals surface area (Å²) < 4.78 is 30.4. The predicted molar refractivity (Wildman–Crippen MR) is 170 cm³/mol. The molecule has 0 atom stereocenters. The van der Waals surface area contributed by atoms with Gasteiger partial charge in [0.25, 0.3) is 5.91 Å². The van der Waals surface area contributed by atoms with E-state index in [1.165, 1.54) is 0 Å². The lowest BCUT2D eigenvalue weighted by molar-refractivity contribution is -0.00450. The van der Waals surface area contributed by atoms with Gasteiger partial charge in [-0.25, -0.2) is 4.68 Å². The second-order valence-electron chi connectivity index (χ2n) is 9.46. The van der Waals surface area contributed by atoms with Crippen LogP contribution < -0.4 is 10.1 Å². The van der Waals surface area contributed by atoms with E-state index in [4.69, 9.17) is 28.8 Å². The number of hydrogen-bond donors (Lipinski definition) is 1. The van der Waals surface area contributed by atoms with Gasteiger partial charge < -0.3 is 29.0 Å². The number of halogens is 1. The van der Waals surface area contributed by atoms with Gasteiger partial charge in [-0.15, -0.1) is 0 Å². The van der Waals surface area contributed by atoms with E-state index >= 15 is 0 Å². The van der Waals surface area contributed by atoms with E-state index in [0.29, 0.717) is 75.5 Å². The highest BCUT2D eigenvalue weighted by Gasteiger charge is 2.19. The standard InChI is InChI=1S/C33H38BrN3O6/c1-2-15-39-16-17-40-18-19-41-20-21-42-22-23-43-30-10-6-7-28(24-30)35-33(38)31-25-37(29-8-4-3-5-9-29)36-32(31)26-11-13-27(34)14-12-26/h3-14,24-25H,2,15-23H2,1H3,(H,35,38). The summed E-state index contributed by atoms with van der Waals surface area (Å²) in [5.41, 5.74) is 3.37. The van der Waals surface area contributed by atoms with E-state index in [1.54, 1.807) is 16.9 Å². The monoisotopic (exact) mass is 651 g/mol. The first-order chi connectivity index (χ1) is 21.1. The van der Waals surface area contributed by atoms with Crippen molar-refractivity contribution in [2.24, 2.45) is 0 Å². The molecule has 0 aliphatic carbocycles. The van der Waals surface area contributed by atoms with Crippen LogP contribution in [0, 0.1) is 0 Å². The van der Waals surface area contributed by atoms with Crippen LogP contribution in [0.2, 0.25) is 0 Å². The predicted octanol–water partition coefficient (Wildman–Crippen LogP) is 6.41. The maximum absolute atomic E-state index is 13.5. The van der Waals surface area contributed by atoms with Crippen LogP contribution in [0.3, 0.4) is 0 Å². The molecule has 1 N–H and O–H groups in total. The molecule has 0 aliphatic rings. The number of carbonyl (C=O) groups is 1. The van der Waals surface area contributed by atoms with E-state index in [9.17, 15) is 4.79 Å². The second-order valence-corrected chi connectivity index (χ2v) is 10.4. The third-order valence-corrected chi connectivity index (χ3v) is 6.68. The van der Waals surface area contributed by atoms with E-state index in [1.807, 2.05) is 72.8 Å². The van der Waals surface area contributed by atoms with Crippen molar-refractivity contribution >= 4 is 27.5 Å². The molecule has 43 heavy (non-hydrogen) atoms. The molecule has 0 spiro atoms. The van der Waals surface area contributed by atoms with Gasteiger partial charge in [0.05, 0.1) is 57.5 Å². The van der Waals surface area contributed by atoms with E-state index in [-0.39, 0.29) is 5.91 Å². The van der Waals surface area contributed by atoms with Crippen molar-refractivity contribution in [2.45, 2.75) is 13.3 Å². The summed E-state index contributed by atoms with van der Waals surface area (Å²) in [6, 6.07) is 24.7. The van der Waals surface area contributed by atoms with Crippen LogP contribution in [0.15, 0.2) is 89.5 Å². The molecule has 0 bridgehead atoms.